The molecule has 0 bridgehead atoms. The molecule has 0 spiro atoms. The average molecular weight is 425 g/mol. The third kappa shape index (κ3) is 6.20. The highest BCUT2D eigenvalue weighted by Gasteiger charge is 2.37. The van der Waals surface area contributed by atoms with Gasteiger partial charge in [0.05, 0.1) is 17.5 Å². The topological polar surface area (TPSA) is 83.5 Å². The molecule has 29 heavy (non-hydrogen) atoms. The Morgan fingerprint density at radius 1 is 1.07 bits per heavy atom. The van der Waals surface area contributed by atoms with E-state index < -0.39 is 59.3 Å². The minimum absolute atomic E-state index is 0.0604. The van der Waals surface area contributed by atoms with E-state index in [1.54, 1.807) is 0 Å². The molecule has 1 aliphatic rings. The highest BCUT2D eigenvalue weighted by atomic mass is 19.4. The molecule has 0 aliphatic heterocycles. The highest BCUT2D eigenvalue weighted by Crippen LogP contribution is 2.36. The Kier molecular flexibility index (Phi) is 6.59. The standard InChI is InChI=1S/C18H17F6NO4/c19-17(20,21)11-4-9(5-12(8-11)18(22,23)24)6-14(27)25-15(16(28)29)10-2-1-3-13(26)7-10/h4-5,8,10,15H,1-3,6-7H2,(H,25,27)(H,28,29)/t10-,15-/m0/s1. The third-order valence-corrected chi connectivity index (χ3v) is 4.59. The minimum Gasteiger partial charge on any atom is -0.480 e. The molecule has 2 rings (SSSR count). The largest absolute Gasteiger partial charge is 0.480 e. The minimum atomic E-state index is -5.06. The summed E-state index contributed by atoms with van der Waals surface area (Å²) in [4.78, 5) is 35.1. The number of halogens is 6. The Labute approximate surface area is 161 Å². The summed E-state index contributed by atoms with van der Waals surface area (Å²) >= 11 is 0. The number of alkyl halides is 6. The fraction of sp³-hybridized carbons (Fsp3) is 0.500. The molecule has 2 N–H and O–H groups in total. The number of aliphatic carboxylic acids is 1. The summed E-state index contributed by atoms with van der Waals surface area (Å²) in [6, 6.07) is -0.696. The van der Waals surface area contributed by atoms with Crippen LogP contribution < -0.4 is 5.32 Å². The number of benzene rings is 1. The van der Waals surface area contributed by atoms with Crippen LogP contribution in [0.25, 0.3) is 0 Å². The summed E-state index contributed by atoms with van der Waals surface area (Å²) in [6.45, 7) is 0. The smallest absolute Gasteiger partial charge is 0.416 e. The first-order valence-corrected chi connectivity index (χ1v) is 8.59. The van der Waals surface area contributed by atoms with Gasteiger partial charge < -0.3 is 10.4 Å². The van der Waals surface area contributed by atoms with Crippen LogP contribution >= 0.6 is 0 Å². The van der Waals surface area contributed by atoms with E-state index in [-0.39, 0.29) is 18.3 Å². The van der Waals surface area contributed by atoms with Crippen molar-refractivity contribution in [1.29, 1.82) is 0 Å². The van der Waals surface area contributed by atoms with Crippen LogP contribution in [0.2, 0.25) is 0 Å². The van der Waals surface area contributed by atoms with Gasteiger partial charge in [-0.2, -0.15) is 26.3 Å². The van der Waals surface area contributed by atoms with E-state index in [0.717, 1.165) is 0 Å². The molecule has 1 saturated carbocycles. The van der Waals surface area contributed by atoms with Gasteiger partial charge in [0.2, 0.25) is 5.91 Å². The van der Waals surface area contributed by atoms with Gasteiger partial charge in [0, 0.05) is 12.8 Å². The lowest BCUT2D eigenvalue weighted by atomic mass is 9.83. The molecule has 0 aromatic heterocycles. The molecule has 2 atom stereocenters. The molecule has 160 valence electrons. The molecular weight excluding hydrogens is 408 g/mol. The van der Waals surface area contributed by atoms with Crippen molar-refractivity contribution in [3.8, 4) is 0 Å². The first kappa shape index (κ1) is 22.7. The Morgan fingerprint density at radius 2 is 1.62 bits per heavy atom. The summed E-state index contributed by atoms with van der Waals surface area (Å²) in [5.41, 5.74) is -3.70. The third-order valence-electron chi connectivity index (χ3n) is 4.59. The van der Waals surface area contributed by atoms with E-state index in [9.17, 15) is 45.8 Å². The quantitative estimate of drug-likeness (QED) is 0.707. The van der Waals surface area contributed by atoms with Crippen LogP contribution in [-0.2, 0) is 33.2 Å². The van der Waals surface area contributed by atoms with Crippen LogP contribution in [-0.4, -0.2) is 28.8 Å². The van der Waals surface area contributed by atoms with Crippen molar-refractivity contribution >= 4 is 17.7 Å². The maximum absolute atomic E-state index is 12.9. The fourth-order valence-electron chi connectivity index (χ4n) is 3.25. The summed E-state index contributed by atoms with van der Waals surface area (Å²) in [7, 11) is 0. The number of carbonyl (C=O) groups is 3. The van der Waals surface area contributed by atoms with Gasteiger partial charge in [-0.05, 0) is 42.5 Å². The normalized spacial score (nSPS) is 19.0. The monoisotopic (exact) mass is 425 g/mol. The number of carbonyl (C=O) groups excluding carboxylic acids is 2. The van der Waals surface area contributed by atoms with Gasteiger partial charge in [-0.1, -0.05) is 0 Å². The maximum Gasteiger partial charge on any atom is 0.416 e. The second-order valence-corrected chi connectivity index (χ2v) is 6.87. The number of carboxylic acids is 1. The number of carboxylic acid groups (broad SMARTS) is 1. The zero-order chi connectivity index (χ0) is 22.0. The van der Waals surface area contributed by atoms with Gasteiger partial charge >= 0.3 is 18.3 Å². The number of hydrogen-bond acceptors (Lipinski definition) is 3. The van der Waals surface area contributed by atoms with E-state index in [0.29, 0.717) is 31.4 Å². The summed E-state index contributed by atoms with van der Waals surface area (Å²) < 4.78 is 77.3. The average Bonchev–Trinajstić information content (AvgIpc) is 2.57. The molecule has 0 unspecified atom stereocenters. The second kappa shape index (κ2) is 8.42. The number of amides is 1. The van der Waals surface area contributed by atoms with Gasteiger partial charge in [-0.3, -0.25) is 9.59 Å². The van der Waals surface area contributed by atoms with E-state index in [1.807, 2.05) is 0 Å². The highest BCUT2D eigenvalue weighted by molar-refractivity contribution is 5.86. The number of ketones is 1. The maximum atomic E-state index is 12.9. The van der Waals surface area contributed by atoms with Gasteiger partial charge in [-0.25, -0.2) is 4.79 Å². The van der Waals surface area contributed by atoms with Gasteiger partial charge in [-0.15, -0.1) is 0 Å². The van der Waals surface area contributed by atoms with E-state index in [2.05, 4.69) is 5.32 Å². The van der Waals surface area contributed by atoms with Crippen molar-refractivity contribution in [1.82, 2.24) is 5.32 Å². The van der Waals surface area contributed by atoms with Gasteiger partial charge in [0.1, 0.15) is 11.8 Å². The van der Waals surface area contributed by atoms with E-state index >= 15 is 0 Å². The lowest BCUT2D eigenvalue weighted by molar-refractivity contribution is -0.144. The molecule has 1 aromatic rings. The van der Waals surface area contributed by atoms with Crippen LogP contribution in [0.3, 0.4) is 0 Å². The number of hydrogen-bond donors (Lipinski definition) is 2. The second-order valence-electron chi connectivity index (χ2n) is 6.87. The predicted octanol–water partition coefficient (Wildman–Crippen LogP) is 3.60. The lowest BCUT2D eigenvalue weighted by Crippen LogP contribution is -2.47. The molecule has 0 saturated heterocycles. The summed E-state index contributed by atoms with van der Waals surface area (Å²) in [5, 5.41) is 11.4. The fourth-order valence-corrected chi connectivity index (χ4v) is 3.25. The molecule has 1 aliphatic carbocycles. The molecular formula is C18H17F6NO4. The number of rotatable bonds is 5. The first-order valence-electron chi connectivity index (χ1n) is 8.59. The van der Waals surface area contributed by atoms with Crippen LogP contribution in [0.4, 0.5) is 26.3 Å². The van der Waals surface area contributed by atoms with Crippen LogP contribution in [0.5, 0.6) is 0 Å². The Balaban J connectivity index is 2.22. The number of nitrogens with one attached hydrogen (secondary N) is 1. The molecule has 1 aromatic carbocycles. The van der Waals surface area contributed by atoms with E-state index in [4.69, 9.17) is 0 Å². The van der Waals surface area contributed by atoms with E-state index in [1.165, 1.54) is 0 Å². The van der Waals surface area contributed by atoms with Crippen LogP contribution in [0.15, 0.2) is 18.2 Å². The Morgan fingerprint density at radius 3 is 2.07 bits per heavy atom. The van der Waals surface area contributed by atoms with Gasteiger partial charge in [0.25, 0.3) is 0 Å². The molecule has 1 amide bonds. The van der Waals surface area contributed by atoms with Crippen molar-refractivity contribution in [3.63, 3.8) is 0 Å². The van der Waals surface area contributed by atoms with Crippen LogP contribution in [0, 0.1) is 5.92 Å². The molecule has 0 radical (unpaired) electrons. The van der Waals surface area contributed by atoms with Crippen molar-refractivity contribution in [3.05, 3.63) is 34.9 Å². The Bertz CT molecular complexity index is 770. The van der Waals surface area contributed by atoms with Crippen molar-refractivity contribution < 1.29 is 45.8 Å². The molecule has 1 fully saturated rings. The summed E-state index contributed by atoms with van der Waals surface area (Å²) in [6.07, 6.45) is -9.98. The zero-order valence-electron chi connectivity index (χ0n) is 14.9. The Hall–Kier alpha value is -2.59. The van der Waals surface area contributed by atoms with Gasteiger partial charge in [0.15, 0.2) is 0 Å². The number of Topliss-reactive ketones (excluding diaryl/α,β-unsaturated/α-hetero) is 1. The summed E-state index contributed by atoms with van der Waals surface area (Å²) in [5.74, 6) is -3.35. The molecule has 0 heterocycles. The molecule has 5 nitrogen and oxygen atoms in total. The van der Waals surface area contributed by atoms with Crippen molar-refractivity contribution in [2.45, 2.75) is 50.5 Å². The van der Waals surface area contributed by atoms with Crippen molar-refractivity contribution in [2.24, 2.45) is 5.92 Å². The SMILES string of the molecule is O=C1CCC[C@H]([C@H](NC(=O)Cc2cc(C(F)(F)F)cc(C(F)(F)F)c2)C(=O)O)C1. The zero-order valence-corrected chi connectivity index (χ0v) is 14.9. The van der Waals surface area contributed by atoms with Crippen molar-refractivity contribution in [2.75, 3.05) is 0 Å². The first-order chi connectivity index (χ1) is 13.3. The lowest BCUT2D eigenvalue weighted by Gasteiger charge is -2.27. The molecule has 11 heteroatoms. The van der Waals surface area contributed by atoms with Crippen LogP contribution in [0.1, 0.15) is 42.4 Å². The predicted molar refractivity (Wildman–Crippen MR) is 86.7 cm³/mol.